The van der Waals surface area contributed by atoms with Crippen molar-refractivity contribution >= 4 is 0 Å². The van der Waals surface area contributed by atoms with E-state index >= 15 is 0 Å². The maximum atomic E-state index is 2.57. The second-order valence-electron chi connectivity index (χ2n) is 6.05. The second-order valence-corrected chi connectivity index (χ2v) is 6.05. The number of likely N-dealkylation sites (tertiary alicyclic amines) is 1. The lowest BCUT2D eigenvalue weighted by atomic mass is 10.1. The summed E-state index contributed by atoms with van der Waals surface area (Å²) in [5, 5.41) is 0. The summed E-state index contributed by atoms with van der Waals surface area (Å²) in [6.07, 6.45) is 6.93. The van der Waals surface area contributed by atoms with E-state index in [0.717, 1.165) is 0 Å². The fourth-order valence-corrected chi connectivity index (χ4v) is 2.89. The van der Waals surface area contributed by atoms with Crippen LogP contribution in [0.1, 0.15) is 46.0 Å². The van der Waals surface area contributed by atoms with Gasteiger partial charge < -0.3 is 14.7 Å². The summed E-state index contributed by atoms with van der Waals surface area (Å²) < 4.78 is 0. The molecule has 0 aromatic rings. The van der Waals surface area contributed by atoms with Gasteiger partial charge in [0.2, 0.25) is 0 Å². The van der Waals surface area contributed by atoms with Crippen molar-refractivity contribution in [1.82, 2.24) is 14.7 Å². The van der Waals surface area contributed by atoms with E-state index in [4.69, 9.17) is 0 Å². The highest BCUT2D eigenvalue weighted by Gasteiger charge is 2.11. The van der Waals surface area contributed by atoms with Gasteiger partial charge in [-0.1, -0.05) is 20.3 Å². The molecule has 2 rings (SSSR count). The van der Waals surface area contributed by atoms with Gasteiger partial charge >= 0.3 is 0 Å². The molecule has 2 fully saturated rings. The molecule has 0 aliphatic carbocycles. The molecule has 19 heavy (non-hydrogen) atoms. The number of likely N-dealkylation sites (N-methyl/N-ethyl adjacent to an activating group) is 1. The van der Waals surface area contributed by atoms with Gasteiger partial charge in [-0.15, -0.1) is 0 Å². The van der Waals surface area contributed by atoms with Crippen molar-refractivity contribution in [2.45, 2.75) is 46.0 Å². The van der Waals surface area contributed by atoms with E-state index in [2.05, 4.69) is 35.6 Å². The minimum Gasteiger partial charge on any atom is -0.304 e. The molecular weight excluding hydrogens is 234 g/mol. The monoisotopic (exact) mass is 269 g/mol. The molecule has 0 aromatic heterocycles. The quantitative estimate of drug-likeness (QED) is 0.776. The molecule has 2 heterocycles. The molecule has 3 nitrogen and oxygen atoms in total. The predicted molar refractivity (Wildman–Crippen MR) is 84.8 cm³/mol. The van der Waals surface area contributed by atoms with Crippen LogP contribution in [-0.4, -0.2) is 74.1 Å². The minimum absolute atomic E-state index is 1.25. The number of hydrogen-bond acceptors (Lipinski definition) is 3. The van der Waals surface area contributed by atoms with Crippen LogP contribution in [0, 0.1) is 0 Å². The van der Waals surface area contributed by atoms with Gasteiger partial charge in [-0.2, -0.15) is 0 Å². The van der Waals surface area contributed by atoms with Gasteiger partial charge in [0, 0.05) is 26.2 Å². The number of hydrogen-bond donors (Lipinski definition) is 0. The summed E-state index contributed by atoms with van der Waals surface area (Å²) in [4.78, 5) is 7.51. The Kier molecular flexibility index (Phi) is 9.48. The molecule has 0 radical (unpaired) electrons. The van der Waals surface area contributed by atoms with Gasteiger partial charge in [0.05, 0.1) is 0 Å². The fraction of sp³-hybridized carbons (Fsp3) is 1.00. The third-order valence-corrected chi connectivity index (χ3v) is 4.12. The molecular formula is C16H35N3. The fourth-order valence-electron chi connectivity index (χ4n) is 2.89. The van der Waals surface area contributed by atoms with E-state index in [9.17, 15) is 0 Å². The molecule has 0 saturated carbocycles. The maximum Gasteiger partial charge on any atom is 0.0110 e. The van der Waals surface area contributed by atoms with Crippen LogP contribution in [0.25, 0.3) is 0 Å². The summed E-state index contributed by atoms with van der Waals surface area (Å²) >= 11 is 0. The van der Waals surface area contributed by atoms with Crippen LogP contribution in [0.2, 0.25) is 0 Å². The van der Waals surface area contributed by atoms with Gasteiger partial charge in [0.1, 0.15) is 0 Å². The third kappa shape index (κ3) is 7.91. The summed E-state index contributed by atoms with van der Waals surface area (Å²) in [6, 6.07) is 0. The highest BCUT2D eigenvalue weighted by atomic mass is 15.2. The molecule has 0 unspecified atom stereocenters. The summed E-state index contributed by atoms with van der Waals surface area (Å²) in [6.45, 7) is 14.9. The Morgan fingerprint density at radius 1 is 0.632 bits per heavy atom. The molecule has 2 saturated heterocycles. The lowest BCUT2D eigenvalue weighted by Crippen LogP contribution is -2.44. The van der Waals surface area contributed by atoms with E-state index in [1.165, 1.54) is 84.5 Å². The zero-order valence-electron chi connectivity index (χ0n) is 13.5. The lowest BCUT2D eigenvalue weighted by Gasteiger charge is -2.31. The lowest BCUT2D eigenvalue weighted by molar-refractivity contribution is 0.154. The Balaban J connectivity index is 0.000000191. The van der Waals surface area contributed by atoms with E-state index in [0.29, 0.717) is 0 Å². The first kappa shape index (κ1) is 16.9. The van der Waals surface area contributed by atoms with E-state index < -0.39 is 0 Å². The molecule has 0 N–H and O–H groups in total. The second kappa shape index (κ2) is 10.6. The van der Waals surface area contributed by atoms with Crippen LogP contribution in [0.5, 0.6) is 0 Å². The Labute approximate surface area is 120 Å². The summed E-state index contributed by atoms with van der Waals surface area (Å²) in [5.41, 5.74) is 0. The Morgan fingerprint density at radius 3 is 1.58 bits per heavy atom. The topological polar surface area (TPSA) is 9.72 Å². The van der Waals surface area contributed by atoms with Crippen LogP contribution >= 0.6 is 0 Å². The highest BCUT2D eigenvalue weighted by molar-refractivity contribution is 4.68. The smallest absolute Gasteiger partial charge is 0.0110 e. The average Bonchev–Trinajstić information content (AvgIpc) is 2.44. The van der Waals surface area contributed by atoms with Crippen LogP contribution in [0.15, 0.2) is 0 Å². The van der Waals surface area contributed by atoms with Crippen molar-refractivity contribution in [3.63, 3.8) is 0 Å². The molecule has 0 aromatic carbocycles. The number of rotatable bonds is 4. The van der Waals surface area contributed by atoms with Crippen molar-refractivity contribution in [1.29, 1.82) is 0 Å². The normalized spacial score (nSPS) is 22.9. The van der Waals surface area contributed by atoms with Crippen molar-refractivity contribution in [2.75, 3.05) is 59.4 Å². The van der Waals surface area contributed by atoms with Gasteiger partial charge in [0.15, 0.2) is 0 Å². The van der Waals surface area contributed by atoms with Crippen LogP contribution in [-0.2, 0) is 0 Å². The molecule has 2 aliphatic heterocycles. The first-order valence-electron chi connectivity index (χ1n) is 8.39. The Hall–Kier alpha value is -0.120. The van der Waals surface area contributed by atoms with Crippen LogP contribution in [0.3, 0.4) is 0 Å². The minimum atomic E-state index is 1.25. The van der Waals surface area contributed by atoms with Crippen molar-refractivity contribution < 1.29 is 0 Å². The van der Waals surface area contributed by atoms with Crippen LogP contribution < -0.4 is 0 Å². The molecule has 0 spiro atoms. The first-order chi connectivity index (χ1) is 9.26. The van der Waals surface area contributed by atoms with E-state index in [1.807, 2.05) is 0 Å². The van der Waals surface area contributed by atoms with Crippen LogP contribution in [0.4, 0.5) is 0 Å². The number of piperidine rings is 1. The molecule has 2 aliphatic rings. The highest BCUT2D eigenvalue weighted by Crippen LogP contribution is 2.08. The van der Waals surface area contributed by atoms with Gasteiger partial charge in [-0.05, 0) is 58.9 Å². The van der Waals surface area contributed by atoms with E-state index in [1.54, 1.807) is 0 Å². The van der Waals surface area contributed by atoms with Gasteiger partial charge in [-0.25, -0.2) is 0 Å². The van der Waals surface area contributed by atoms with Gasteiger partial charge in [-0.3, -0.25) is 0 Å². The van der Waals surface area contributed by atoms with Crippen molar-refractivity contribution in [2.24, 2.45) is 0 Å². The molecule has 0 atom stereocenters. The third-order valence-electron chi connectivity index (χ3n) is 4.12. The standard InChI is InChI=1S/C8H18N2.C8H17N/c1-3-4-10-7-5-9(2)6-8-10;1-2-6-9-7-4-3-5-8-9/h3-8H2,1-2H3;2-8H2,1H3. The largest absolute Gasteiger partial charge is 0.304 e. The first-order valence-corrected chi connectivity index (χ1v) is 8.39. The average molecular weight is 269 g/mol. The van der Waals surface area contributed by atoms with Gasteiger partial charge in [0.25, 0.3) is 0 Å². The van der Waals surface area contributed by atoms with Crippen molar-refractivity contribution in [3.8, 4) is 0 Å². The summed E-state index contributed by atoms with van der Waals surface area (Å²) in [5.74, 6) is 0. The zero-order valence-corrected chi connectivity index (χ0v) is 13.5. The van der Waals surface area contributed by atoms with E-state index in [-0.39, 0.29) is 0 Å². The molecule has 0 amide bonds. The SMILES string of the molecule is CCCN1CCCCC1.CCCN1CCN(C)CC1. The van der Waals surface area contributed by atoms with Crippen molar-refractivity contribution in [3.05, 3.63) is 0 Å². The number of piperazine rings is 1. The molecule has 0 bridgehead atoms. The zero-order chi connectivity index (χ0) is 13.9. The predicted octanol–water partition coefficient (Wildman–Crippen LogP) is 2.53. The maximum absolute atomic E-state index is 2.57. The molecule has 3 heteroatoms. The number of nitrogens with zero attached hydrogens (tertiary/aromatic N) is 3. The Bertz CT molecular complexity index is 191. The Morgan fingerprint density at radius 2 is 1.11 bits per heavy atom. The molecule has 114 valence electrons. The summed E-state index contributed by atoms with van der Waals surface area (Å²) in [7, 11) is 2.20.